The van der Waals surface area contributed by atoms with Gasteiger partial charge in [-0.1, -0.05) is 0 Å². The van der Waals surface area contributed by atoms with E-state index >= 15 is 0 Å². The van der Waals surface area contributed by atoms with Crippen LogP contribution in [0.5, 0.6) is 0 Å². The minimum Gasteiger partial charge on any atom is -0.437 e. The summed E-state index contributed by atoms with van der Waals surface area (Å²) in [6.07, 6.45) is 6.16. The topological polar surface area (TPSA) is 67.0 Å². The number of rotatable bonds is 3. The maximum atomic E-state index is 13.7. The van der Waals surface area contributed by atoms with E-state index < -0.39 is 11.6 Å². The monoisotopic (exact) mass is 339 g/mol. The van der Waals surface area contributed by atoms with E-state index in [-0.39, 0.29) is 23.1 Å². The number of ketones is 1. The quantitative estimate of drug-likeness (QED) is 0.714. The Hall–Kier alpha value is -3.48. The van der Waals surface area contributed by atoms with Gasteiger partial charge in [-0.05, 0) is 30.3 Å². The second kappa shape index (κ2) is 5.86. The normalized spacial score (nSPS) is 15.5. The molecule has 3 heterocycles. The van der Waals surface area contributed by atoms with Gasteiger partial charge in [-0.2, -0.15) is 0 Å². The number of nitrogens with zero attached hydrogens (tertiary/aromatic N) is 1. The molecule has 1 aromatic carbocycles. The summed E-state index contributed by atoms with van der Waals surface area (Å²) in [5.74, 6) is -1.66. The van der Waals surface area contributed by atoms with Crippen molar-refractivity contribution in [3.8, 4) is 0 Å². The van der Waals surface area contributed by atoms with Gasteiger partial charge >= 0.3 is 0 Å². The number of anilines is 1. The molecule has 0 fully saturated rings. The Kier molecular flexibility index (Phi) is 3.53. The molecule has 1 aliphatic rings. The van der Waals surface area contributed by atoms with Gasteiger partial charge in [0, 0.05) is 29.4 Å². The molecule has 0 saturated heterocycles. The van der Waals surface area contributed by atoms with Crippen LogP contribution in [-0.4, -0.2) is 15.8 Å². The molecule has 25 heavy (non-hydrogen) atoms. The Morgan fingerprint density at radius 3 is 2.96 bits per heavy atom. The Balaban J connectivity index is 1.58. The van der Waals surface area contributed by atoms with E-state index in [4.69, 9.17) is 4.74 Å². The number of nitrogens with one attached hydrogen (secondary N) is 2. The molecule has 2 aromatic heterocycles. The van der Waals surface area contributed by atoms with E-state index in [0.29, 0.717) is 5.65 Å². The summed E-state index contributed by atoms with van der Waals surface area (Å²) >= 11 is 0. The fourth-order valence-corrected chi connectivity index (χ4v) is 2.51. The number of carbonyl (C=O) groups excluding carboxylic acids is 1. The van der Waals surface area contributed by atoms with Crippen molar-refractivity contribution in [3.63, 3.8) is 0 Å². The van der Waals surface area contributed by atoms with Crippen LogP contribution in [-0.2, 0) is 9.53 Å². The number of fused-ring (bicyclic) bond motifs is 1. The smallest absolute Gasteiger partial charge is 0.226 e. The van der Waals surface area contributed by atoms with Crippen molar-refractivity contribution in [2.75, 3.05) is 5.32 Å². The van der Waals surface area contributed by atoms with Crippen molar-refractivity contribution in [2.45, 2.75) is 0 Å². The fraction of sp³-hybridized carbons (Fsp3) is 0. The SMILES string of the molecule is O=C1C=C(Nc2ccc(F)cc2F)O/C1=C/c1c[nH]c2ncccc12. The highest BCUT2D eigenvalue weighted by molar-refractivity contribution is 6.09. The van der Waals surface area contributed by atoms with Gasteiger partial charge < -0.3 is 15.0 Å². The highest BCUT2D eigenvalue weighted by Gasteiger charge is 2.22. The third-order valence-electron chi connectivity index (χ3n) is 3.68. The van der Waals surface area contributed by atoms with Crippen LogP contribution in [0.2, 0.25) is 0 Å². The maximum Gasteiger partial charge on any atom is 0.226 e. The number of benzene rings is 1. The zero-order valence-electron chi connectivity index (χ0n) is 12.7. The number of allylic oxidation sites excluding steroid dienone is 1. The molecule has 124 valence electrons. The Morgan fingerprint density at radius 1 is 1.24 bits per heavy atom. The van der Waals surface area contributed by atoms with Gasteiger partial charge in [0.2, 0.25) is 11.7 Å². The van der Waals surface area contributed by atoms with Crippen LogP contribution in [0.15, 0.2) is 60.4 Å². The van der Waals surface area contributed by atoms with Gasteiger partial charge in [-0.3, -0.25) is 4.79 Å². The zero-order chi connectivity index (χ0) is 17.4. The molecule has 0 bridgehead atoms. The van der Waals surface area contributed by atoms with Crippen LogP contribution in [0.1, 0.15) is 5.56 Å². The van der Waals surface area contributed by atoms with Crippen LogP contribution in [0.4, 0.5) is 14.5 Å². The predicted molar refractivity (Wildman–Crippen MR) is 88.2 cm³/mol. The number of H-pyrrole nitrogens is 1. The molecule has 0 atom stereocenters. The Labute approximate surface area is 140 Å². The number of halogens is 2. The van der Waals surface area contributed by atoms with Gasteiger partial charge in [0.1, 0.15) is 17.3 Å². The third kappa shape index (κ3) is 2.87. The summed E-state index contributed by atoms with van der Waals surface area (Å²) in [4.78, 5) is 19.3. The van der Waals surface area contributed by atoms with E-state index in [1.54, 1.807) is 24.5 Å². The van der Waals surface area contributed by atoms with Crippen molar-refractivity contribution >= 4 is 28.6 Å². The lowest BCUT2D eigenvalue weighted by Gasteiger charge is -2.08. The second-order valence-corrected chi connectivity index (χ2v) is 5.38. The number of aromatic amines is 1. The average Bonchev–Trinajstić information content (AvgIpc) is 3.15. The number of hydrogen-bond donors (Lipinski definition) is 2. The van der Waals surface area contributed by atoms with Crippen LogP contribution < -0.4 is 5.32 Å². The van der Waals surface area contributed by atoms with Crippen molar-refractivity contribution in [3.05, 3.63) is 77.6 Å². The van der Waals surface area contributed by atoms with Crippen molar-refractivity contribution in [2.24, 2.45) is 0 Å². The molecule has 1 aliphatic heterocycles. The van der Waals surface area contributed by atoms with Crippen LogP contribution >= 0.6 is 0 Å². The minimum absolute atomic E-state index is 0.0120. The summed E-state index contributed by atoms with van der Waals surface area (Å²) < 4.78 is 32.1. The largest absolute Gasteiger partial charge is 0.437 e. The Bertz CT molecular complexity index is 1050. The molecule has 0 spiro atoms. The molecule has 7 heteroatoms. The van der Waals surface area contributed by atoms with E-state index in [1.165, 1.54) is 12.1 Å². The predicted octanol–water partition coefficient (Wildman–Crippen LogP) is 3.73. The van der Waals surface area contributed by atoms with Crippen LogP contribution in [0.3, 0.4) is 0 Å². The molecule has 0 radical (unpaired) electrons. The van der Waals surface area contributed by atoms with Crippen LogP contribution in [0, 0.1) is 11.6 Å². The molecule has 0 unspecified atom stereocenters. The number of aromatic nitrogens is 2. The summed E-state index contributed by atoms with van der Waals surface area (Å²) in [5, 5.41) is 3.47. The molecular formula is C18H11F2N3O2. The highest BCUT2D eigenvalue weighted by atomic mass is 19.1. The van der Waals surface area contributed by atoms with Crippen molar-refractivity contribution in [1.82, 2.24) is 9.97 Å². The molecule has 0 saturated carbocycles. The number of ether oxygens (including phenoxy) is 1. The summed E-state index contributed by atoms with van der Waals surface area (Å²) in [7, 11) is 0. The molecular weight excluding hydrogens is 328 g/mol. The first-order valence-corrected chi connectivity index (χ1v) is 7.40. The number of hydrogen-bond acceptors (Lipinski definition) is 4. The van der Waals surface area contributed by atoms with E-state index in [9.17, 15) is 13.6 Å². The number of pyridine rings is 1. The number of carbonyl (C=O) groups is 1. The van der Waals surface area contributed by atoms with Gasteiger partial charge in [0.25, 0.3) is 0 Å². The summed E-state index contributed by atoms with van der Waals surface area (Å²) in [6.45, 7) is 0. The molecule has 2 N–H and O–H groups in total. The van der Waals surface area contributed by atoms with Gasteiger partial charge in [0.15, 0.2) is 5.76 Å². The molecule has 0 aliphatic carbocycles. The zero-order valence-corrected chi connectivity index (χ0v) is 12.7. The maximum absolute atomic E-state index is 13.7. The molecule has 3 aromatic rings. The highest BCUT2D eigenvalue weighted by Crippen LogP contribution is 2.26. The van der Waals surface area contributed by atoms with Crippen molar-refractivity contribution < 1.29 is 18.3 Å². The van der Waals surface area contributed by atoms with E-state index in [2.05, 4.69) is 15.3 Å². The standard InChI is InChI=1S/C18H11F2N3O2/c19-11-3-4-14(13(20)7-11)23-17-8-15(24)16(25-17)6-10-9-22-18-12(10)2-1-5-21-18/h1-9,23H,(H,21,22)/b16-6+. The lowest BCUT2D eigenvalue weighted by Crippen LogP contribution is -2.01. The minimum atomic E-state index is -0.780. The first-order chi connectivity index (χ1) is 12.1. The molecule has 4 rings (SSSR count). The van der Waals surface area contributed by atoms with Gasteiger partial charge in [0.05, 0.1) is 11.8 Å². The van der Waals surface area contributed by atoms with E-state index in [1.807, 2.05) is 6.07 Å². The van der Waals surface area contributed by atoms with Gasteiger partial charge in [-0.25, -0.2) is 13.8 Å². The van der Waals surface area contributed by atoms with Crippen molar-refractivity contribution in [1.29, 1.82) is 0 Å². The molecule has 5 nitrogen and oxygen atoms in total. The first-order valence-electron chi connectivity index (χ1n) is 7.40. The summed E-state index contributed by atoms with van der Waals surface area (Å²) in [5.41, 5.74) is 1.45. The average molecular weight is 339 g/mol. The lowest BCUT2D eigenvalue weighted by atomic mass is 10.2. The van der Waals surface area contributed by atoms with Crippen LogP contribution in [0.25, 0.3) is 17.1 Å². The van der Waals surface area contributed by atoms with E-state index in [0.717, 1.165) is 23.1 Å². The second-order valence-electron chi connectivity index (χ2n) is 5.38. The first kappa shape index (κ1) is 15.1. The van der Waals surface area contributed by atoms with Gasteiger partial charge in [-0.15, -0.1) is 0 Å². The lowest BCUT2D eigenvalue weighted by molar-refractivity contribution is -0.112. The summed E-state index contributed by atoms with van der Waals surface area (Å²) in [6, 6.07) is 6.74. The Morgan fingerprint density at radius 2 is 2.12 bits per heavy atom. The fourth-order valence-electron chi connectivity index (χ4n) is 2.51. The molecule has 0 amide bonds. The third-order valence-corrected chi connectivity index (χ3v) is 3.68.